The summed E-state index contributed by atoms with van der Waals surface area (Å²) in [6, 6.07) is 9.76. The van der Waals surface area contributed by atoms with E-state index in [1.165, 1.54) is 6.20 Å². The Bertz CT molecular complexity index is 1060. The summed E-state index contributed by atoms with van der Waals surface area (Å²) in [5.74, 6) is 0.608. The Morgan fingerprint density at radius 1 is 1.14 bits per heavy atom. The summed E-state index contributed by atoms with van der Waals surface area (Å²) in [7, 11) is 0. The molecule has 28 heavy (non-hydrogen) atoms. The van der Waals surface area contributed by atoms with Crippen LogP contribution in [0.2, 0.25) is 0 Å². The Morgan fingerprint density at radius 2 is 1.89 bits per heavy atom. The highest BCUT2D eigenvalue weighted by molar-refractivity contribution is 5.92. The van der Waals surface area contributed by atoms with Crippen molar-refractivity contribution in [2.45, 2.75) is 25.3 Å². The van der Waals surface area contributed by atoms with Crippen LogP contribution in [0.4, 0.5) is 0 Å². The van der Waals surface area contributed by atoms with Gasteiger partial charge < -0.3 is 9.88 Å². The minimum Gasteiger partial charge on any atom is -0.337 e. The van der Waals surface area contributed by atoms with Crippen molar-refractivity contribution in [2.24, 2.45) is 0 Å². The first-order valence-electron chi connectivity index (χ1n) is 9.15. The Balaban J connectivity index is 1.46. The number of H-pyrrole nitrogens is 2. The molecular weight excluding hydrogens is 360 g/mol. The summed E-state index contributed by atoms with van der Waals surface area (Å²) < 4.78 is 1.67. The van der Waals surface area contributed by atoms with E-state index < -0.39 is 0 Å². The zero-order chi connectivity index (χ0) is 19.5. The van der Waals surface area contributed by atoms with Gasteiger partial charge in [-0.25, -0.2) is 14.9 Å². The van der Waals surface area contributed by atoms with Crippen LogP contribution in [-0.4, -0.2) is 48.6 Å². The molecule has 9 heteroatoms. The lowest BCUT2D eigenvalue weighted by molar-refractivity contribution is 0.0703. The maximum absolute atomic E-state index is 12.5. The molecule has 1 aromatic carbocycles. The smallest absolute Gasteiger partial charge is 0.337 e. The van der Waals surface area contributed by atoms with Crippen LogP contribution in [0.25, 0.3) is 0 Å². The molecule has 3 heterocycles. The first-order valence-corrected chi connectivity index (χ1v) is 9.15. The second kappa shape index (κ2) is 7.63. The number of aromatic nitrogens is 5. The number of rotatable bonds is 4. The molecule has 1 amide bonds. The van der Waals surface area contributed by atoms with Gasteiger partial charge in [0.1, 0.15) is 11.5 Å². The third-order valence-electron chi connectivity index (χ3n) is 5.01. The van der Waals surface area contributed by atoms with Gasteiger partial charge in [-0.3, -0.25) is 14.2 Å². The van der Waals surface area contributed by atoms with E-state index in [1.807, 2.05) is 30.3 Å². The zero-order valence-electron chi connectivity index (χ0n) is 15.2. The number of aromatic amines is 2. The van der Waals surface area contributed by atoms with Crippen LogP contribution in [0.1, 0.15) is 40.6 Å². The van der Waals surface area contributed by atoms with Gasteiger partial charge in [0.2, 0.25) is 0 Å². The maximum atomic E-state index is 12.5. The number of carbonyl (C=O) groups is 1. The van der Waals surface area contributed by atoms with E-state index in [2.05, 4.69) is 20.2 Å². The molecule has 2 N–H and O–H groups in total. The van der Waals surface area contributed by atoms with E-state index in [1.54, 1.807) is 9.47 Å². The van der Waals surface area contributed by atoms with Crippen LogP contribution in [0.5, 0.6) is 0 Å². The molecular formula is C19H20N6O3. The molecule has 9 nitrogen and oxygen atoms in total. The molecule has 0 aliphatic carbocycles. The quantitative estimate of drug-likeness (QED) is 0.692. The van der Waals surface area contributed by atoms with Crippen molar-refractivity contribution in [1.82, 2.24) is 29.6 Å². The summed E-state index contributed by atoms with van der Waals surface area (Å²) in [6.45, 7) is 1.54. The highest BCUT2D eigenvalue weighted by atomic mass is 16.2. The van der Waals surface area contributed by atoms with Crippen molar-refractivity contribution in [3.63, 3.8) is 0 Å². The average Bonchev–Trinajstić information content (AvgIpc) is 3.09. The number of piperidine rings is 1. The van der Waals surface area contributed by atoms with Gasteiger partial charge in [-0.1, -0.05) is 30.3 Å². The zero-order valence-corrected chi connectivity index (χ0v) is 15.2. The summed E-state index contributed by atoms with van der Waals surface area (Å²) in [5.41, 5.74) is 0.683. The number of benzene rings is 1. The second-order valence-electron chi connectivity index (χ2n) is 6.82. The molecule has 1 fully saturated rings. The van der Waals surface area contributed by atoms with Crippen LogP contribution in [-0.2, 0) is 6.54 Å². The number of carbonyl (C=O) groups excluding carboxylic acids is 1. The lowest BCUT2D eigenvalue weighted by Crippen LogP contribution is -2.39. The molecule has 0 radical (unpaired) electrons. The molecule has 0 atom stereocenters. The van der Waals surface area contributed by atoms with Gasteiger partial charge in [-0.15, -0.1) is 0 Å². The SMILES string of the molecule is O=C(c1c[nH]c(=O)cn1)N1CCC(c2n[nH]c(=O)n2Cc2ccccc2)CC1. The van der Waals surface area contributed by atoms with Crippen molar-refractivity contribution < 1.29 is 4.79 Å². The number of likely N-dealkylation sites (tertiary alicyclic amines) is 1. The lowest BCUT2D eigenvalue weighted by atomic mass is 9.95. The molecule has 1 aliphatic rings. The monoisotopic (exact) mass is 380 g/mol. The fourth-order valence-electron chi connectivity index (χ4n) is 3.52. The fraction of sp³-hybridized carbons (Fsp3) is 0.316. The van der Waals surface area contributed by atoms with E-state index in [0.717, 1.165) is 17.6 Å². The van der Waals surface area contributed by atoms with Crippen LogP contribution in [0, 0.1) is 0 Å². The van der Waals surface area contributed by atoms with Gasteiger partial charge in [0.25, 0.3) is 11.5 Å². The van der Waals surface area contributed by atoms with E-state index in [-0.39, 0.29) is 28.8 Å². The minimum absolute atomic E-state index is 0.0928. The van der Waals surface area contributed by atoms with E-state index in [4.69, 9.17) is 0 Å². The molecule has 0 saturated carbocycles. The summed E-state index contributed by atoms with van der Waals surface area (Å²) in [6.07, 6.45) is 3.84. The molecule has 0 bridgehead atoms. The van der Waals surface area contributed by atoms with Gasteiger partial charge in [0.15, 0.2) is 0 Å². The third-order valence-corrected chi connectivity index (χ3v) is 5.01. The Morgan fingerprint density at radius 3 is 2.57 bits per heavy atom. The summed E-state index contributed by atoms with van der Waals surface area (Å²) >= 11 is 0. The van der Waals surface area contributed by atoms with Gasteiger partial charge in [-0.05, 0) is 18.4 Å². The number of hydrogen-bond donors (Lipinski definition) is 2. The fourth-order valence-corrected chi connectivity index (χ4v) is 3.52. The molecule has 1 aliphatic heterocycles. The predicted octanol–water partition coefficient (Wildman–Crippen LogP) is 0.723. The van der Waals surface area contributed by atoms with Gasteiger partial charge in [0, 0.05) is 25.2 Å². The highest BCUT2D eigenvalue weighted by Crippen LogP contribution is 2.26. The van der Waals surface area contributed by atoms with Crippen molar-refractivity contribution in [1.29, 1.82) is 0 Å². The van der Waals surface area contributed by atoms with E-state index in [9.17, 15) is 14.4 Å². The lowest BCUT2D eigenvalue weighted by Gasteiger charge is -2.31. The largest absolute Gasteiger partial charge is 0.343 e. The van der Waals surface area contributed by atoms with Crippen LogP contribution < -0.4 is 11.2 Å². The maximum Gasteiger partial charge on any atom is 0.343 e. The van der Waals surface area contributed by atoms with Crippen molar-refractivity contribution >= 4 is 5.91 Å². The van der Waals surface area contributed by atoms with E-state index >= 15 is 0 Å². The predicted molar refractivity (Wildman–Crippen MR) is 101 cm³/mol. The van der Waals surface area contributed by atoms with Crippen LogP contribution >= 0.6 is 0 Å². The average molecular weight is 380 g/mol. The topological polar surface area (TPSA) is 117 Å². The first kappa shape index (κ1) is 17.9. The van der Waals surface area contributed by atoms with Crippen molar-refractivity contribution in [3.8, 4) is 0 Å². The van der Waals surface area contributed by atoms with Crippen LogP contribution in [0.15, 0.2) is 52.3 Å². The first-order chi connectivity index (χ1) is 13.6. The van der Waals surface area contributed by atoms with Gasteiger partial charge in [0.05, 0.1) is 12.7 Å². The normalized spacial score (nSPS) is 14.9. The van der Waals surface area contributed by atoms with Gasteiger partial charge >= 0.3 is 5.69 Å². The third kappa shape index (κ3) is 3.64. The molecule has 1 saturated heterocycles. The second-order valence-corrected chi connectivity index (χ2v) is 6.82. The Hall–Kier alpha value is -3.49. The van der Waals surface area contributed by atoms with Crippen molar-refractivity contribution in [2.75, 3.05) is 13.1 Å². The van der Waals surface area contributed by atoms with Crippen LogP contribution in [0.3, 0.4) is 0 Å². The highest BCUT2D eigenvalue weighted by Gasteiger charge is 2.28. The molecule has 4 rings (SSSR count). The molecule has 0 unspecified atom stereocenters. The minimum atomic E-state index is -0.342. The Labute approximate surface area is 160 Å². The number of nitrogens with one attached hydrogen (secondary N) is 2. The molecule has 0 spiro atoms. The molecule has 144 valence electrons. The number of nitrogens with zero attached hydrogens (tertiary/aromatic N) is 4. The number of hydrogen-bond acceptors (Lipinski definition) is 5. The Kier molecular flexibility index (Phi) is 4.88. The van der Waals surface area contributed by atoms with Crippen molar-refractivity contribution in [3.05, 3.63) is 80.6 Å². The number of amides is 1. The molecule has 2 aromatic heterocycles. The van der Waals surface area contributed by atoms with Gasteiger partial charge in [-0.2, -0.15) is 5.10 Å². The van der Waals surface area contributed by atoms with E-state index in [0.29, 0.717) is 32.5 Å². The summed E-state index contributed by atoms with van der Waals surface area (Å²) in [5, 5.41) is 6.80. The summed E-state index contributed by atoms with van der Waals surface area (Å²) in [4.78, 5) is 43.9. The standard InChI is InChI=1S/C19H20N6O3/c26-16-11-20-15(10-21-16)18(27)24-8-6-14(7-9-24)17-22-23-19(28)25(17)12-13-4-2-1-3-5-13/h1-5,10-11,14H,6-9,12H2,(H,21,26)(H,23,28). The molecule has 3 aromatic rings.